The van der Waals surface area contributed by atoms with Gasteiger partial charge in [-0.25, -0.2) is 0 Å². The molecular formula is C20H25Cl2N3O2. The Hall–Kier alpha value is -1.27. The molecular weight excluding hydrogens is 385 g/mol. The zero-order chi connectivity index (χ0) is 18.8. The van der Waals surface area contributed by atoms with E-state index in [1.165, 1.54) is 6.42 Å². The van der Waals surface area contributed by atoms with E-state index in [4.69, 9.17) is 27.9 Å². The van der Waals surface area contributed by atoms with E-state index in [9.17, 15) is 4.79 Å². The number of carbonyl (C=O) groups is 1. The lowest BCUT2D eigenvalue weighted by Crippen LogP contribution is -2.41. The van der Waals surface area contributed by atoms with Crippen molar-refractivity contribution in [3.8, 4) is 0 Å². The molecule has 5 nitrogen and oxygen atoms in total. The minimum absolute atomic E-state index is 0.0149. The zero-order valence-electron chi connectivity index (χ0n) is 15.3. The van der Waals surface area contributed by atoms with Crippen molar-refractivity contribution in [2.75, 3.05) is 45.9 Å². The van der Waals surface area contributed by atoms with E-state index in [2.05, 4.69) is 9.88 Å². The number of rotatable bonds is 4. The van der Waals surface area contributed by atoms with Gasteiger partial charge in [-0.1, -0.05) is 23.2 Å². The van der Waals surface area contributed by atoms with Gasteiger partial charge in [-0.15, -0.1) is 0 Å². The Balaban J connectivity index is 1.34. The highest BCUT2D eigenvalue weighted by Crippen LogP contribution is 2.31. The van der Waals surface area contributed by atoms with Gasteiger partial charge in [-0.05, 0) is 49.9 Å². The molecule has 0 spiro atoms. The van der Waals surface area contributed by atoms with Crippen LogP contribution < -0.4 is 0 Å². The number of aromatic nitrogens is 1. The first kappa shape index (κ1) is 19.1. The van der Waals surface area contributed by atoms with Crippen LogP contribution in [0.25, 0.3) is 10.9 Å². The molecule has 7 heteroatoms. The van der Waals surface area contributed by atoms with Crippen LogP contribution in [0, 0.1) is 5.92 Å². The van der Waals surface area contributed by atoms with Gasteiger partial charge in [0.2, 0.25) is 0 Å². The highest BCUT2D eigenvalue weighted by Gasteiger charge is 2.27. The molecule has 27 heavy (non-hydrogen) atoms. The number of H-pyrrole nitrogens is 1. The number of fused-ring (bicyclic) bond motifs is 1. The number of likely N-dealkylation sites (tertiary alicyclic amines) is 1. The van der Waals surface area contributed by atoms with E-state index in [0.717, 1.165) is 69.7 Å². The van der Waals surface area contributed by atoms with Crippen molar-refractivity contribution in [3.63, 3.8) is 0 Å². The number of carbonyl (C=O) groups excluding carboxylic acids is 1. The molecule has 2 aliphatic rings. The van der Waals surface area contributed by atoms with Gasteiger partial charge in [0.05, 0.1) is 18.2 Å². The summed E-state index contributed by atoms with van der Waals surface area (Å²) in [4.78, 5) is 20.5. The van der Waals surface area contributed by atoms with Crippen LogP contribution in [-0.2, 0) is 4.74 Å². The van der Waals surface area contributed by atoms with Crippen molar-refractivity contribution in [3.05, 3.63) is 33.9 Å². The summed E-state index contributed by atoms with van der Waals surface area (Å²) in [6.07, 6.45) is 3.31. The first-order valence-electron chi connectivity index (χ1n) is 9.68. The lowest BCUT2D eigenvalue weighted by molar-refractivity contribution is 0.0332. The first-order chi connectivity index (χ1) is 13.1. The Labute approximate surface area is 169 Å². The molecule has 2 aromatic rings. The van der Waals surface area contributed by atoms with Crippen LogP contribution in [0.4, 0.5) is 0 Å². The molecule has 1 amide bonds. The van der Waals surface area contributed by atoms with E-state index in [-0.39, 0.29) is 5.91 Å². The lowest BCUT2D eigenvalue weighted by atomic mass is 9.93. The number of benzene rings is 1. The first-order valence-corrected chi connectivity index (χ1v) is 10.4. The third-order valence-electron chi connectivity index (χ3n) is 5.77. The number of piperidine rings is 1. The summed E-state index contributed by atoms with van der Waals surface area (Å²) in [6.45, 7) is 6.50. The van der Waals surface area contributed by atoms with E-state index in [1.54, 1.807) is 12.1 Å². The molecule has 1 aromatic heterocycles. The predicted molar refractivity (Wildman–Crippen MR) is 109 cm³/mol. The Kier molecular flexibility index (Phi) is 5.93. The number of nitrogens with zero attached hydrogens (tertiary/aromatic N) is 2. The van der Waals surface area contributed by atoms with Gasteiger partial charge in [0, 0.05) is 42.1 Å². The third-order valence-corrected chi connectivity index (χ3v) is 6.40. The van der Waals surface area contributed by atoms with Crippen molar-refractivity contribution < 1.29 is 9.53 Å². The van der Waals surface area contributed by atoms with Crippen LogP contribution in [0.1, 0.15) is 29.8 Å². The fourth-order valence-corrected chi connectivity index (χ4v) is 4.51. The molecule has 2 saturated heterocycles. The summed E-state index contributed by atoms with van der Waals surface area (Å²) in [6, 6.07) is 5.45. The van der Waals surface area contributed by atoms with Crippen molar-refractivity contribution in [2.45, 2.75) is 19.3 Å². The number of aromatic amines is 1. The van der Waals surface area contributed by atoms with Crippen LogP contribution in [0.2, 0.25) is 10.0 Å². The number of hydrogen-bond donors (Lipinski definition) is 1. The Morgan fingerprint density at radius 1 is 1.15 bits per heavy atom. The number of amides is 1. The molecule has 2 aliphatic heterocycles. The minimum Gasteiger partial charge on any atom is -0.379 e. The van der Waals surface area contributed by atoms with Crippen LogP contribution in [0.15, 0.2) is 18.2 Å². The normalized spacial score (nSPS) is 19.7. The molecule has 0 radical (unpaired) electrons. The number of ether oxygens (including phenoxy) is 1. The molecule has 146 valence electrons. The molecule has 0 unspecified atom stereocenters. The van der Waals surface area contributed by atoms with Crippen molar-refractivity contribution in [1.82, 2.24) is 14.8 Å². The van der Waals surface area contributed by atoms with Gasteiger partial charge < -0.3 is 14.6 Å². The summed E-state index contributed by atoms with van der Waals surface area (Å²) in [5.74, 6) is 0.674. The van der Waals surface area contributed by atoms with Crippen molar-refractivity contribution in [2.24, 2.45) is 5.92 Å². The van der Waals surface area contributed by atoms with Gasteiger partial charge in [0.1, 0.15) is 5.69 Å². The summed E-state index contributed by atoms with van der Waals surface area (Å²) in [7, 11) is 0. The second-order valence-corrected chi connectivity index (χ2v) is 8.30. The molecule has 0 bridgehead atoms. The average molecular weight is 410 g/mol. The molecule has 2 fully saturated rings. The summed E-state index contributed by atoms with van der Waals surface area (Å²) in [5.41, 5.74) is 1.31. The smallest absolute Gasteiger partial charge is 0.271 e. The fourth-order valence-electron chi connectivity index (χ4n) is 4.05. The Morgan fingerprint density at radius 2 is 1.89 bits per heavy atom. The van der Waals surface area contributed by atoms with E-state index >= 15 is 0 Å². The van der Waals surface area contributed by atoms with Crippen LogP contribution in [0.5, 0.6) is 0 Å². The molecule has 0 saturated carbocycles. The van der Waals surface area contributed by atoms with Crippen LogP contribution >= 0.6 is 23.2 Å². The topological polar surface area (TPSA) is 48.6 Å². The van der Waals surface area contributed by atoms with Crippen LogP contribution in [0.3, 0.4) is 0 Å². The van der Waals surface area contributed by atoms with Gasteiger partial charge in [0.15, 0.2) is 0 Å². The molecule has 1 N–H and O–H groups in total. The minimum atomic E-state index is -0.0149. The monoisotopic (exact) mass is 409 g/mol. The van der Waals surface area contributed by atoms with Gasteiger partial charge in [-0.3, -0.25) is 9.69 Å². The highest BCUT2D eigenvalue weighted by molar-refractivity contribution is 6.39. The summed E-state index contributed by atoms with van der Waals surface area (Å²) >= 11 is 12.5. The molecule has 1 aromatic carbocycles. The maximum Gasteiger partial charge on any atom is 0.271 e. The highest BCUT2D eigenvalue weighted by atomic mass is 35.5. The third kappa shape index (κ3) is 4.27. The maximum atomic E-state index is 12.9. The van der Waals surface area contributed by atoms with E-state index < -0.39 is 0 Å². The standard InChI is InChI=1S/C20H25Cl2N3O2/c21-15-1-2-17-16(13-15)18(22)19(23-17)20(26)25-7-4-14(5-8-25)3-6-24-9-11-27-12-10-24/h1-2,13-14,23H,3-12H2. The maximum absolute atomic E-state index is 12.9. The SMILES string of the molecule is O=C(c1[nH]c2ccc(Cl)cc2c1Cl)N1CCC(CCN2CCOCC2)CC1. The number of hydrogen-bond acceptors (Lipinski definition) is 3. The molecule has 4 rings (SSSR count). The average Bonchev–Trinajstić information content (AvgIpc) is 3.03. The molecule has 3 heterocycles. The largest absolute Gasteiger partial charge is 0.379 e. The van der Waals surface area contributed by atoms with Crippen LogP contribution in [-0.4, -0.2) is 66.6 Å². The van der Waals surface area contributed by atoms with Gasteiger partial charge in [0.25, 0.3) is 5.91 Å². The van der Waals surface area contributed by atoms with Crippen molar-refractivity contribution in [1.29, 1.82) is 0 Å². The molecule has 0 atom stereocenters. The second kappa shape index (κ2) is 8.39. The Morgan fingerprint density at radius 3 is 2.63 bits per heavy atom. The Bertz CT molecular complexity index is 809. The number of halogens is 2. The lowest BCUT2D eigenvalue weighted by Gasteiger charge is -2.33. The van der Waals surface area contributed by atoms with E-state index in [0.29, 0.717) is 21.7 Å². The predicted octanol–water partition coefficient (Wildman–Crippen LogP) is 4.05. The quantitative estimate of drug-likeness (QED) is 0.828. The van der Waals surface area contributed by atoms with Gasteiger partial charge >= 0.3 is 0 Å². The summed E-state index contributed by atoms with van der Waals surface area (Å²) in [5, 5.41) is 1.88. The van der Waals surface area contributed by atoms with Gasteiger partial charge in [-0.2, -0.15) is 0 Å². The number of morpholine rings is 1. The summed E-state index contributed by atoms with van der Waals surface area (Å²) < 4.78 is 5.41. The second-order valence-electron chi connectivity index (χ2n) is 7.48. The molecule has 0 aliphatic carbocycles. The van der Waals surface area contributed by atoms with Crippen molar-refractivity contribution >= 4 is 40.0 Å². The fraction of sp³-hybridized carbons (Fsp3) is 0.550. The number of nitrogens with one attached hydrogen (secondary N) is 1. The zero-order valence-corrected chi connectivity index (χ0v) is 16.9. The van der Waals surface area contributed by atoms with E-state index in [1.807, 2.05) is 11.0 Å².